The topological polar surface area (TPSA) is 123 Å². The zero-order valence-corrected chi connectivity index (χ0v) is 22.5. The molecule has 0 saturated carbocycles. The van der Waals surface area contributed by atoms with Crippen molar-refractivity contribution in [1.29, 1.82) is 0 Å². The van der Waals surface area contributed by atoms with Gasteiger partial charge in [0, 0.05) is 33.3 Å². The van der Waals surface area contributed by atoms with Crippen molar-refractivity contribution in [3.05, 3.63) is 98.0 Å². The van der Waals surface area contributed by atoms with E-state index in [0.717, 1.165) is 34.8 Å². The number of rotatable bonds is 11. The Morgan fingerprint density at radius 2 is 1.73 bits per heavy atom. The lowest BCUT2D eigenvalue weighted by atomic mass is 10.0. The van der Waals surface area contributed by atoms with E-state index in [1.807, 2.05) is 18.2 Å². The SMILES string of the molecule is CCc1cccc(CNC[C@@H](O)[C@H](Cc2cc(F)cc(F)c2)NC(=O)Cn2cnc3c2c(=O)n(C)c(=O)n3C)c1. The number of aryl methyl sites for hydroxylation is 2. The predicted octanol–water partition coefficient (Wildman–Crippen LogP) is 1.15. The number of aliphatic hydroxyl groups excluding tert-OH is 1. The van der Waals surface area contributed by atoms with E-state index in [-0.39, 0.29) is 36.2 Å². The lowest BCUT2D eigenvalue weighted by Gasteiger charge is -2.25. The van der Waals surface area contributed by atoms with Crippen molar-refractivity contribution in [1.82, 2.24) is 29.3 Å². The minimum absolute atomic E-state index is 0.0461. The largest absolute Gasteiger partial charge is 0.390 e. The van der Waals surface area contributed by atoms with Crippen LogP contribution in [0.3, 0.4) is 0 Å². The number of imidazole rings is 1. The summed E-state index contributed by atoms with van der Waals surface area (Å²) in [5.74, 6) is -2.10. The van der Waals surface area contributed by atoms with Gasteiger partial charge in [0.15, 0.2) is 11.2 Å². The maximum atomic E-state index is 13.9. The number of nitrogens with zero attached hydrogens (tertiary/aromatic N) is 4. The minimum Gasteiger partial charge on any atom is -0.390 e. The van der Waals surface area contributed by atoms with Crippen molar-refractivity contribution >= 4 is 17.1 Å². The molecule has 10 nitrogen and oxygen atoms in total. The molecule has 0 fully saturated rings. The average Bonchev–Trinajstić information content (AvgIpc) is 3.33. The smallest absolute Gasteiger partial charge is 0.332 e. The normalized spacial score (nSPS) is 12.9. The van der Waals surface area contributed by atoms with Gasteiger partial charge in [-0.1, -0.05) is 31.2 Å². The van der Waals surface area contributed by atoms with Crippen LogP contribution in [0.4, 0.5) is 8.78 Å². The highest BCUT2D eigenvalue weighted by Crippen LogP contribution is 2.13. The Balaban J connectivity index is 1.51. The average molecular weight is 555 g/mol. The summed E-state index contributed by atoms with van der Waals surface area (Å²) < 4.78 is 31.2. The van der Waals surface area contributed by atoms with Crippen LogP contribution in [-0.4, -0.2) is 48.4 Å². The zero-order chi connectivity index (χ0) is 29.0. The molecule has 212 valence electrons. The molecule has 4 rings (SSSR count). The van der Waals surface area contributed by atoms with E-state index < -0.39 is 40.9 Å². The predicted molar refractivity (Wildman–Crippen MR) is 146 cm³/mol. The first-order chi connectivity index (χ1) is 19.1. The first-order valence-electron chi connectivity index (χ1n) is 12.9. The lowest BCUT2D eigenvalue weighted by molar-refractivity contribution is -0.123. The van der Waals surface area contributed by atoms with E-state index in [2.05, 4.69) is 28.6 Å². The van der Waals surface area contributed by atoms with Gasteiger partial charge in [0.1, 0.15) is 18.2 Å². The minimum atomic E-state index is -1.11. The highest BCUT2D eigenvalue weighted by molar-refractivity contribution is 5.79. The Morgan fingerprint density at radius 1 is 1.02 bits per heavy atom. The highest BCUT2D eigenvalue weighted by atomic mass is 19.1. The summed E-state index contributed by atoms with van der Waals surface area (Å²) in [6, 6.07) is 10.1. The van der Waals surface area contributed by atoms with Gasteiger partial charge in [0.2, 0.25) is 5.91 Å². The van der Waals surface area contributed by atoms with Crippen LogP contribution in [0, 0.1) is 11.6 Å². The number of carbonyl (C=O) groups excluding carboxylic acids is 1. The Hall–Kier alpha value is -4.16. The maximum Gasteiger partial charge on any atom is 0.332 e. The van der Waals surface area contributed by atoms with Crippen LogP contribution in [0.5, 0.6) is 0 Å². The molecule has 0 aliphatic rings. The fraction of sp³-hybridized carbons (Fsp3) is 0.357. The Morgan fingerprint density at radius 3 is 2.42 bits per heavy atom. The second-order valence-corrected chi connectivity index (χ2v) is 9.78. The fourth-order valence-corrected chi connectivity index (χ4v) is 4.66. The second kappa shape index (κ2) is 12.3. The van der Waals surface area contributed by atoms with Crippen LogP contribution in [-0.2, 0) is 44.8 Å². The molecule has 2 aromatic heterocycles. The van der Waals surface area contributed by atoms with Gasteiger partial charge in [-0.2, -0.15) is 0 Å². The Kier molecular flexibility index (Phi) is 8.90. The lowest BCUT2D eigenvalue weighted by Crippen LogP contribution is -2.49. The van der Waals surface area contributed by atoms with Gasteiger partial charge in [0.25, 0.3) is 5.56 Å². The molecule has 12 heteroatoms. The molecular formula is C28H32F2N6O4. The summed E-state index contributed by atoms with van der Waals surface area (Å²) in [5.41, 5.74) is 1.51. The van der Waals surface area contributed by atoms with Gasteiger partial charge < -0.3 is 20.3 Å². The molecule has 2 atom stereocenters. The monoisotopic (exact) mass is 554 g/mol. The van der Waals surface area contributed by atoms with Gasteiger partial charge in [0.05, 0.1) is 18.5 Å². The van der Waals surface area contributed by atoms with Crippen LogP contribution in [0.25, 0.3) is 11.2 Å². The third kappa shape index (κ3) is 6.52. The molecule has 0 aliphatic heterocycles. The van der Waals surface area contributed by atoms with Gasteiger partial charge in [-0.05, 0) is 41.7 Å². The molecule has 40 heavy (non-hydrogen) atoms. The third-order valence-electron chi connectivity index (χ3n) is 6.80. The molecular weight excluding hydrogens is 522 g/mol. The molecule has 1 amide bonds. The first-order valence-corrected chi connectivity index (χ1v) is 12.9. The summed E-state index contributed by atoms with van der Waals surface area (Å²) in [7, 11) is 2.80. The van der Waals surface area contributed by atoms with Crippen LogP contribution >= 0.6 is 0 Å². The van der Waals surface area contributed by atoms with Crippen molar-refractivity contribution in [2.24, 2.45) is 14.1 Å². The third-order valence-corrected chi connectivity index (χ3v) is 6.80. The number of aliphatic hydroxyl groups is 1. The van der Waals surface area contributed by atoms with E-state index in [1.54, 1.807) is 0 Å². The molecule has 0 unspecified atom stereocenters. The van der Waals surface area contributed by atoms with Gasteiger partial charge in [-0.3, -0.25) is 18.7 Å². The Labute approximate surface area is 228 Å². The Bertz CT molecular complexity index is 1620. The van der Waals surface area contributed by atoms with Gasteiger partial charge in [-0.25, -0.2) is 18.6 Å². The van der Waals surface area contributed by atoms with Crippen molar-refractivity contribution in [2.45, 2.75) is 45.0 Å². The van der Waals surface area contributed by atoms with Crippen LogP contribution in [0.1, 0.15) is 23.6 Å². The molecule has 0 radical (unpaired) electrons. The number of hydrogen-bond acceptors (Lipinski definition) is 6. The highest BCUT2D eigenvalue weighted by Gasteiger charge is 2.24. The molecule has 0 spiro atoms. The summed E-state index contributed by atoms with van der Waals surface area (Å²) in [6.07, 6.45) is 1.02. The van der Waals surface area contributed by atoms with Crippen LogP contribution in [0.2, 0.25) is 0 Å². The molecule has 2 heterocycles. The summed E-state index contributed by atoms with van der Waals surface area (Å²) in [4.78, 5) is 42.1. The van der Waals surface area contributed by atoms with Gasteiger partial charge >= 0.3 is 5.69 Å². The van der Waals surface area contributed by atoms with Crippen molar-refractivity contribution in [3.63, 3.8) is 0 Å². The number of fused-ring (bicyclic) bond motifs is 1. The summed E-state index contributed by atoms with van der Waals surface area (Å²) in [6.45, 7) is 2.30. The molecule has 4 aromatic rings. The van der Waals surface area contributed by atoms with Crippen molar-refractivity contribution in [3.8, 4) is 0 Å². The van der Waals surface area contributed by atoms with Crippen LogP contribution < -0.4 is 21.9 Å². The zero-order valence-electron chi connectivity index (χ0n) is 22.5. The van der Waals surface area contributed by atoms with Crippen molar-refractivity contribution in [2.75, 3.05) is 6.54 Å². The van der Waals surface area contributed by atoms with E-state index in [0.29, 0.717) is 6.54 Å². The quantitative estimate of drug-likeness (QED) is 0.256. The number of halogens is 2. The summed E-state index contributed by atoms with van der Waals surface area (Å²) in [5, 5.41) is 16.9. The molecule has 3 N–H and O–H groups in total. The standard InChI is InChI=1S/C28H32F2N6O4/c1-4-17-6-5-7-18(8-17)13-31-14-23(37)22(11-19-9-20(29)12-21(30)10-19)33-24(38)15-36-16-32-26-25(36)27(39)35(3)28(40)34(26)2/h5-10,12,16,22-23,31,37H,4,11,13-15H2,1-3H3,(H,33,38)/t22-,23+/m0/s1. The van der Waals surface area contributed by atoms with Gasteiger partial charge in [-0.15, -0.1) is 0 Å². The second-order valence-electron chi connectivity index (χ2n) is 9.78. The first kappa shape index (κ1) is 28.8. The maximum absolute atomic E-state index is 13.9. The van der Waals surface area contributed by atoms with E-state index in [9.17, 15) is 28.3 Å². The van der Waals surface area contributed by atoms with E-state index in [1.165, 1.54) is 35.1 Å². The number of hydrogen-bond donors (Lipinski definition) is 3. The fourth-order valence-electron chi connectivity index (χ4n) is 4.66. The molecule has 0 bridgehead atoms. The molecule has 0 aliphatic carbocycles. The molecule has 0 saturated heterocycles. The number of benzene rings is 2. The van der Waals surface area contributed by atoms with Crippen molar-refractivity contribution < 1.29 is 18.7 Å². The van der Waals surface area contributed by atoms with Crippen LogP contribution in [0.15, 0.2) is 58.4 Å². The molecule has 2 aromatic carbocycles. The number of amides is 1. The number of aromatic nitrogens is 4. The number of nitrogens with one attached hydrogen (secondary N) is 2. The van der Waals surface area contributed by atoms with E-state index >= 15 is 0 Å². The summed E-state index contributed by atoms with van der Waals surface area (Å²) >= 11 is 0. The number of carbonyl (C=O) groups is 1. The van der Waals surface area contributed by atoms with E-state index in [4.69, 9.17) is 0 Å².